The van der Waals surface area contributed by atoms with Gasteiger partial charge in [-0.15, -0.1) is 0 Å². The van der Waals surface area contributed by atoms with Crippen molar-refractivity contribution in [3.8, 4) is 0 Å². The van der Waals surface area contributed by atoms with Crippen LogP contribution >= 0.6 is 0 Å². The van der Waals surface area contributed by atoms with Gasteiger partial charge in [-0.2, -0.15) is 5.10 Å². The minimum Gasteiger partial charge on any atom is -0.375 e. The predicted octanol–water partition coefficient (Wildman–Crippen LogP) is 0.589. The van der Waals surface area contributed by atoms with Gasteiger partial charge in [-0.1, -0.05) is 0 Å². The summed E-state index contributed by atoms with van der Waals surface area (Å²) < 4.78 is 7.13. The van der Waals surface area contributed by atoms with Crippen molar-refractivity contribution in [1.82, 2.24) is 14.7 Å². The molecule has 0 N–H and O–H groups in total. The molecule has 0 aromatic carbocycles. The first kappa shape index (κ1) is 11.1. The summed E-state index contributed by atoms with van der Waals surface area (Å²) in [7, 11) is 1.84. The zero-order valence-corrected chi connectivity index (χ0v) is 9.93. The number of hydrogen-bond donors (Lipinski definition) is 0. The van der Waals surface area contributed by atoms with Crippen LogP contribution in [0.5, 0.6) is 0 Å². The van der Waals surface area contributed by atoms with E-state index in [-0.39, 0.29) is 12.0 Å². The highest BCUT2D eigenvalue weighted by atomic mass is 16.5. The fraction of sp³-hybridized carbons (Fsp3) is 0.636. The van der Waals surface area contributed by atoms with E-state index in [0.29, 0.717) is 25.3 Å². The van der Waals surface area contributed by atoms with E-state index in [9.17, 15) is 4.79 Å². The Kier molecular flexibility index (Phi) is 2.96. The number of carbonyl (C=O) groups excluding carboxylic acids is 1. The molecule has 5 nitrogen and oxygen atoms in total. The summed E-state index contributed by atoms with van der Waals surface area (Å²) >= 11 is 0. The lowest BCUT2D eigenvalue weighted by molar-refractivity contribution is -0.0124. The van der Waals surface area contributed by atoms with Crippen molar-refractivity contribution >= 4 is 5.91 Å². The summed E-state index contributed by atoms with van der Waals surface area (Å²) in [4.78, 5) is 14.0. The fourth-order valence-electron chi connectivity index (χ4n) is 1.88. The molecule has 2 heterocycles. The molecule has 0 saturated carbocycles. The molecule has 0 radical (unpaired) electrons. The number of hydrogen-bond acceptors (Lipinski definition) is 3. The summed E-state index contributed by atoms with van der Waals surface area (Å²) in [5.74, 6) is 0.0563. The van der Waals surface area contributed by atoms with Crippen molar-refractivity contribution in [2.45, 2.75) is 20.0 Å². The molecule has 2 rings (SSSR count). The first-order valence-electron chi connectivity index (χ1n) is 5.49. The van der Waals surface area contributed by atoms with Gasteiger partial charge in [-0.3, -0.25) is 9.48 Å². The lowest BCUT2D eigenvalue weighted by Crippen LogP contribution is -2.44. The SMILES string of the molecule is Cc1c(C(=O)N2CCOC(C)C2)cnn1C. The fourth-order valence-corrected chi connectivity index (χ4v) is 1.88. The molecule has 1 saturated heterocycles. The van der Waals surface area contributed by atoms with Gasteiger partial charge in [0.1, 0.15) is 0 Å². The number of ether oxygens (including phenoxy) is 1. The Morgan fingerprint density at radius 3 is 2.94 bits per heavy atom. The van der Waals surface area contributed by atoms with Crippen molar-refractivity contribution in [3.63, 3.8) is 0 Å². The number of rotatable bonds is 1. The molecule has 5 heteroatoms. The van der Waals surface area contributed by atoms with Gasteiger partial charge in [-0.25, -0.2) is 0 Å². The Morgan fingerprint density at radius 2 is 2.38 bits per heavy atom. The molecule has 0 aliphatic carbocycles. The standard InChI is InChI=1S/C11H17N3O2/c1-8-7-14(4-5-16-8)11(15)10-6-12-13(3)9(10)2/h6,8H,4-5,7H2,1-3H3. The average Bonchev–Trinajstić information content (AvgIpc) is 2.59. The zero-order chi connectivity index (χ0) is 11.7. The molecule has 16 heavy (non-hydrogen) atoms. The van der Waals surface area contributed by atoms with E-state index < -0.39 is 0 Å². The van der Waals surface area contributed by atoms with Crippen molar-refractivity contribution in [3.05, 3.63) is 17.5 Å². The highest BCUT2D eigenvalue weighted by Gasteiger charge is 2.24. The summed E-state index contributed by atoms with van der Waals surface area (Å²) in [6.07, 6.45) is 1.76. The van der Waals surface area contributed by atoms with Crippen LogP contribution in [0.2, 0.25) is 0 Å². The van der Waals surface area contributed by atoms with Crippen molar-refractivity contribution in [2.24, 2.45) is 7.05 Å². The lowest BCUT2D eigenvalue weighted by Gasteiger charge is -2.31. The summed E-state index contributed by atoms with van der Waals surface area (Å²) in [5, 5.41) is 4.09. The molecule has 88 valence electrons. The van der Waals surface area contributed by atoms with Crippen molar-refractivity contribution in [2.75, 3.05) is 19.7 Å². The van der Waals surface area contributed by atoms with E-state index in [1.165, 1.54) is 0 Å². The van der Waals surface area contributed by atoms with Crippen molar-refractivity contribution in [1.29, 1.82) is 0 Å². The second-order valence-electron chi connectivity index (χ2n) is 4.20. The molecule has 1 aliphatic heterocycles. The van der Waals surface area contributed by atoms with E-state index in [2.05, 4.69) is 5.10 Å². The first-order chi connectivity index (χ1) is 7.59. The van der Waals surface area contributed by atoms with Crippen LogP contribution in [0.4, 0.5) is 0 Å². The van der Waals surface area contributed by atoms with Gasteiger partial charge in [0.15, 0.2) is 0 Å². The van der Waals surface area contributed by atoms with Crippen LogP contribution in [0.25, 0.3) is 0 Å². The zero-order valence-electron chi connectivity index (χ0n) is 9.93. The highest BCUT2D eigenvalue weighted by molar-refractivity contribution is 5.95. The number of morpholine rings is 1. The lowest BCUT2D eigenvalue weighted by atomic mass is 10.2. The minimum absolute atomic E-state index is 0.0563. The van der Waals surface area contributed by atoms with Gasteiger partial charge in [0, 0.05) is 25.8 Å². The maximum atomic E-state index is 12.2. The Bertz CT molecular complexity index is 400. The van der Waals surface area contributed by atoms with Crippen LogP contribution in [0.15, 0.2) is 6.20 Å². The van der Waals surface area contributed by atoms with Gasteiger partial charge in [-0.05, 0) is 13.8 Å². The molecule has 1 aliphatic rings. The van der Waals surface area contributed by atoms with E-state index in [1.807, 2.05) is 25.8 Å². The van der Waals surface area contributed by atoms with Crippen LogP contribution in [-0.2, 0) is 11.8 Å². The maximum Gasteiger partial charge on any atom is 0.257 e. The van der Waals surface area contributed by atoms with Gasteiger partial charge < -0.3 is 9.64 Å². The van der Waals surface area contributed by atoms with Crippen LogP contribution < -0.4 is 0 Å². The van der Waals surface area contributed by atoms with E-state index in [0.717, 1.165) is 5.69 Å². The van der Waals surface area contributed by atoms with Gasteiger partial charge >= 0.3 is 0 Å². The van der Waals surface area contributed by atoms with Crippen LogP contribution in [0, 0.1) is 6.92 Å². The third-order valence-electron chi connectivity index (χ3n) is 2.99. The third-order valence-corrected chi connectivity index (χ3v) is 2.99. The molecule has 1 unspecified atom stereocenters. The summed E-state index contributed by atoms with van der Waals surface area (Å²) in [6, 6.07) is 0. The predicted molar refractivity (Wildman–Crippen MR) is 59.3 cm³/mol. The topological polar surface area (TPSA) is 47.4 Å². The molecular formula is C11H17N3O2. The maximum absolute atomic E-state index is 12.2. The Balaban J connectivity index is 2.15. The number of aryl methyl sites for hydroxylation is 1. The van der Waals surface area contributed by atoms with Crippen LogP contribution in [0.1, 0.15) is 23.0 Å². The Morgan fingerprint density at radius 1 is 1.62 bits per heavy atom. The van der Waals surface area contributed by atoms with E-state index >= 15 is 0 Å². The van der Waals surface area contributed by atoms with E-state index in [1.54, 1.807) is 10.9 Å². The molecule has 0 spiro atoms. The Hall–Kier alpha value is -1.36. The molecule has 1 fully saturated rings. The molecule has 1 atom stereocenters. The third kappa shape index (κ3) is 1.95. The van der Waals surface area contributed by atoms with Crippen LogP contribution in [0.3, 0.4) is 0 Å². The highest BCUT2D eigenvalue weighted by Crippen LogP contribution is 2.13. The molecule has 1 aromatic heterocycles. The molecule has 0 bridgehead atoms. The van der Waals surface area contributed by atoms with Gasteiger partial charge in [0.25, 0.3) is 5.91 Å². The largest absolute Gasteiger partial charge is 0.375 e. The van der Waals surface area contributed by atoms with Crippen molar-refractivity contribution < 1.29 is 9.53 Å². The van der Waals surface area contributed by atoms with Gasteiger partial charge in [0.05, 0.1) is 24.5 Å². The molecular weight excluding hydrogens is 206 g/mol. The summed E-state index contributed by atoms with van der Waals surface area (Å²) in [5.41, 5.74) is 1.60. The molecule has 1 aromatic rings. The smallest absolute Gasteiger partial charge is 0.257 e. The molecule has 1 amide bonds. The normalized spacial score (nSPS) is 21.2. The van der Waals surface area contributed by atoms with E-state index in [4.69, 9.17) is 4.74 Å². The number of nitrogens with zero attached hydrogens (tertiary/aromatic N) is 3. The second kappa shape index (κ2) is 4.25. The minimum atomic E-state index is 0.0563. The number of carbonyl (C=O) groups is 1. The quantitative estimate of drug-likeness (QED) is 0.700. The number of aromatic nitrogens is 2. The average molecular weight is 223 g/mol. The number of amides is 1. The Labute approximate surface area is 95.0 Å². The first-order valence-corrected chi connectivity index (χ1v) is 5.49. The van der Waals surface area contributed by atoms with Gasteiger partial charge in [0.2, 0.25) is 0 Å². The monoisotopic (exact) mass is 223 g/mol. The van der Waals surface area contributed by atoms with Crippen LogP contribution in [-0.4, -0.2) is 46.4 Å². The summed E-state index contributed by atoms with van der Waals surface area (Å²) in [6.45, 7) is 5.83. The second-order valence-corrected chi connectivity index (χ2v) is 4.20.